The van der Waals surface area contributed by atoms with Gasteiger partial charge in [0.05, 0.1) is 18.8 Å². The molecular weight excluding hydrogens is 656 g/mol. The molecule has 3 heterocycles. The lowest BCUT2D eigenvalue weighted by molar-refractivity contribution is -0.253. The van der Waals surface area contributed by atoms with Gasteiger partial charge in [0.1, 0.15) is 0 Å². The third-order valence-corrected chi connectivity index (χ3v) is 10.8. The first-order chi connectivity index (χ1) is 25.5. The number of unbranched alkanes of at least 4 members (excludes halogenated alkanes) is 3. The molecule has 0 radical (unpaired) electrons. The number of hydrogen-bond acceptors (Lipinski definition) is 8. The normalized spacial score (nSPS) is 22.4. The molecule has 0 bridgehead atoms. The van der Waals surface area contributed by atoms with Crippen molar-refractivity contribution in [2.24, 2.45) is 0 Å². The van der Waals surface area contributed by atoms with Gasteiger partial charge in [-0.1, -0.05) is 73.5 Å². The Morgan fingerprint density at radius 1 is 0.750 bits per heavy atom. The Morgan fingerprint density at radius 3 is 2.23 bits per heavy atom. The molecule has 4 N–H and O–H groups in total. The molecule has 3 aromatic rings. The summed E-state index contributed by atoms with van der Waals surface area (Å²) in [6.07, 6.45) is 9.15. The third-order valence-electron chi connectivity index (χ3n) is 10.8. The number of rotatable bonds is 17. The van der Waals surface area contributed by atoms with Crippen LogP contribution in [0.1, 0.15) is 105 Å². The minimum Gasteiger partial charge on any atom is -0.392 e. The summed E-state index contributed by atoms with van der Waals surface area (Å²) in [6.45, 7) is 6.06. The number of ether oxygens (including phenoxy) is 2. The first-order valence-electron chi connectivity index (χ1n) is 19.3. The van der Waals surface area contributed by atoms with Crippen LogP contribution >= 0.6 is 0 Å². The number of aliphatic hydroxyl groups is 1. The van der Waals surface area contributed by atoms with Crippen molar-refractivity contribution in [3.8, 4) is 11.1 Å². The van der Waals surface area contributed by atoms with Crippen molar-refractivity contribution in [1.82, 2.24) is 20.6 Å². The summed E-state index contributed by atoms with van der Waals surface area (Å²) in [6, 6.07) is 25.3. The fourth-order valence-electron chi connectivity index (χ4n) is 7.90. The predicted molar refractivity (Wildman–Crippen MR) is 200 cm³/mol. The Balaban J connectivity index is 1.09. The number of benzene rings is 3. The fraction of sp³-hybridized carbons (Fsp3) is 0.524. The second kappa shape index (κ2) is 19.4. The maximum Gasteiger partial charge on any atom is 0.243 e. The third kappa shape index (κ3) is 10.9. The lowest BCUT2D eigenvalue weighted by atomic mass is 9.98. The van der Waals surface area contributed by atoms with Crippen molar-refractivity contribution in [2.75, 3.05) is 32.7 Å². The zero-order chi connectivity index (χ0) is 36.1. The standard InChI is InChI=1S/C42H56N4O6/c47-30-31-17-19-33(20-18-31)39-26-38(29-46-23-9-14-37(46)28-45-21-5-6-22-45)51-42(52-39)36-13-8-12-35(25-36)34-11-7-10-32(24-34)27-43-40(48)15-3-1-2-4-16-41(49)44-50/h7-8,10-13,17-20,24-25,37-39,42,47,50H,1-6,9,14-16,21-23,26-30H2,(H,43,48)(H,44,49)/t37-,38-,39+,42+/m0/s1. The van der Waals surface area contributed by atoms with Crippen LogP contribution in [0.2, 0.25) is 0 Å². The monoisotopic (exact) mass is 712 g/mol. The molecule has 3 aromatic carbocycles. The molecule has 0 aliphatic carbocycles. The summed E-state index contributed by atoms with van der Waals surface area (Å²) in [5.41, 5.74) is 7.76. The number of amides is 2. The molecule has 0 aromatic heterocycles. The fourth-order valence-corrected chi connectivity index (χ4v) is 7.90. The van der Waals surface area contributed by atoms with Crippen LogP contribution in [0.4, 0.5) is 0 Å². The molecule has 3 aliphatic rings. The molecule has 4 atom stereocenters. The Hall–Kier alpha value is -3.64. The highest BCUT2D eigenvalue weighted by atomic mass is 16.7. The second-order valence-corrected chi connectivity index (χ2v) is 14.7. The molecule has 3 saturated heterocycles. The van der Waals surface area contributed by atoms with Crippen LogP contribution in [0.5, 0.6) is 0 Å². The molecule has 3 fully saturated rings. The van der Waals surface area contributed by atoms with E-state index in [-0.39, 0.29) is 30.6 Å². The van der Waals surface area contributed by atoms with Crippen molar-refractivity contribution in [3.05, 3.63) is 95.1 Å². The number of aliphatic hydroxyl groups excluding tert-OH is 1. The second-order valence-electron chi connectivity index (χ2n) is 14.7. The summed E-state index contributed by atoms with van der Waals surface area (Å²) in [5, 5.41) is 21.3. The Kier molecular flexibility index (Phi) is 14.2. The van der Waals surface area contributed by atoms with Gasteiger partial charge in [-0.25, -0.2) is 5.48 Å². The quantitative estimate of drug-likeness (QED) is 0.0720. The summed E-state index contributed by atoms with van der Waals surface area (Å²) in [4.78, 5) is 28.9. The number of hydroxylamine groups is 1. The van der Waals surface area contributed by atoms with Crippen LogP contribution in [-0.2, 0) is 32.2 Å². The van der Waals surface area contributed by atoms with Crippen LogP contribution in [0.25, 0.3) is 11.1 Å². The van der Waals surface area contributed by atoms with Gasteiger partial charge in [-0.3, -0.25) is 19.7 Å². The minimum absolute atomic E-state index is 0.0125. The van der Waals surface area contributed by atoms with Crippen LogP contribution in [0, 0.1) is 0 Å². The first kappa shape index (κ1) is 38.1. The summed E-state index contributed by atoms with van der Waals surface area (Å²) in [5.74, 6) is -0.362. The van der Waals surface area contributed by atoms with Crippen molar-refractivity contribution in [1.29, 1.82) is 0 Å². The van der Waals surface area contributed by atoms with E-state index in [2.05, 4.69) is 63.6 Å². The number of likely N-dealkylation sites (tertiary alicyclic amines) is 2. The molecule has 6 rings (SSSR count). The van der Waals surface area contributed by atoms with E-state index in [4.69, 9.17) is 14.7 Å². The Morgan fingerprint density at radius 2 is 1.48 bits per heavy atom. The molecule has 2 amide bonds. The van der Waals surface area contributed by atoms with Crippen LogP contribution < -0.4 is 10.8 Å². The van der Waals surface area contributed by atoms with Gasteiger partial charge in [0, 0.05) is 50.5 Å². The van der Waals surface area contributed by atoms with Gasteiger partial charge in [-0.2, -0.15) is 0 Å². The van der Waals surface area contributed by atoms with Gasteiger partial charge in [0.15, 0.2) is 6.29 Å². The first-order valence-corrected chi connectivity index (χ1v) is 19.3. The number of hydrogen-bond donors (Lipinski definition) is 4. The summed E-state index contributed by atoms with van der Waals surface area (Å²) < 4.78 is 13.5. The zero-order valence-corrected chi connectivity index (χ0v) is 30.4. The molecule has 10 heteroatoms. The van der Waals surface area contributed by atoms with E-state index < -0.39 is 6.29 Å². The lowest BCUT2D eigenvalue weighted by Crippen LogP contribution is -2.45. The molecular formula is C42H56N4O6. The van der Waals surface area contributed by atoms with Crippen LogP contribution in [0.3, 0.4) is 0 Å². The van der Waals surface area contributed by atoms with Gasteiger partial charge in [-0.05, 0) is 98.1 Å². The van der Waals surface area contributed by atoms with Crippen molar-refractivity contribution >= 4 is 11.8 Å². The molecule has 0 saturated carbocycles. The number of nitrogens with zero attached hydrogens (tertiary/aromatic N) is 2. The average molecular weight is 713 g/mol. The average Bonchev–Trinajstić information content (AvgIpc) is 3.87. The van der Waals surface area contributed by atoms with E-state index in [1.807, 2.05) is 24.3 Å². The molecule has 280 valence electrons. The molecule has 3 aliphatic heterocycles. The topological polar surface area (TPSA) is 124 Å². The van der Waals surface area contributed by atoms with E-state index in [9.17, 15) is 14.7 Å². The van der Waals surface area contributed by atoms with E-state index in [0.29, 0.717) is 31.8 Å². The smallest absolute Gasteiger partial charge is 0.243 e. The van der Waals surface area contributed by atoms with Gasteiger partial charge in [0.2, 0.25) is 11.8 Å². The zero-order valence-electron chi connectivity index (χ0n) is 30.4. The SMILES string of the molecule is O=C(CCCCCCC(=O)NCc1cccc(-c2cccc([C@@H]3O[C@H](CN4CCC[C@H]4CN4CCCC4)C[C@H](c4ccc(CO)cc4)O3)c2)c1)NO. The maximum atomic E-state index is 12.5. The molecule has 10 nitrogen and oxygen atoms in total. The largest absolute Gasteiger partial charge is 0.392 e. The summed E-state index contributed by atoms with van der Waals surface area (Å²) >= 11 is 0. The highest BCUT2D eigenvalue weighted by Gasteiger charge is 2.36. The highest BCUT2D eigenvalue weighted by Crippen LogP contribution is 2.39. The van der Waals surface area contributed by atoms with Gasteiger partial charge < -0.3 is 24.8 Å². The van der Waals surface area contributed by atoms with Crippen LogP contribution in [-0.4, -0.2) is 76.8 Å². The van der Waals surface area contributed by atoms with Crippen molar-refractivity contribution in [2.45, 2.75) is 108 Å². The molecule has 52 heavy (non-hydrogen) atoms. The van der Waals surface area contributed by atoms with E-state index in [1.54, 1.807) is 5.48 Å². The van der Waals surface area contributed by atoms with Gasteiger partial charge >= 0.3 is 0 Å². The Bertz CT molecular complexity index is 1580. The maximum absolute atomic E-state index is 12.5. The minimum atomic E-state index is -0.518. The predicted octanol–water partition coefficient (Wildman–Crippen LogP) is 6.41. The number of carbonyl (C=O) groups is 2. The van der Waals surface area contributed by atoms with Gasteiger partial charge in [0.25, 0.3) is 0 Å². The van der Waals surface area contributed by atoms with Crippen molar-refractivity contribution in [3.63, 3.8) is 0 Å². The van der Waals surface area contributed by atoms with Crippen molar-refractivity contribution < 1.29 is 29.4 Å². The molecule has 0 unspecified atom stereocenters. The van der Waals surface area contributed by atoms with E-state index >= 15 is 0 Å². The van der Waals surface area contributed by atoms with Gasteiger partial charge in [-0.15, -0.1) is 0 Å². The Labute approximate surface area is 308 Å². The lowest BCUT2D eigenvalue weighted by Gasteiger charge is -2.39. The van der Waals surface area contributed by atoms with Crippen LogP contribution in [0.15, 0.2) is 72.8 Å². The van der Waals surface area contributed by atoms with E-state index in [1.165, 1.54) is 38.8 Å². The number of nitrogens with one attached hydrogen (secondary N) is 2. The highest BCUT2D eigenvalue weighted by molar-refractivity contribution is 5.76. The van der Waals surface area contributed by atoms with E-state index in [0.717, 1.165) is 78.7 Å². The number of carbonyl (C=O) groups excluding carboxylic acids is 2. The molecule has 0 spiro atoms. The summed E-state index contributed by atoms with van der Waals surface area (Å²) in [7, 11) is 0.